The summed E-state index contributed by atoms with van der Waals surface area (Å²) < 4.78 is 18.1. The van der Waals surface area contributed by atoms with Gasteiger partial charge in [0, 0.05) is 0 Å². The Morgan fingerprint density at radius 2 is 2.00 bits per heavy atom. The van der Waals surface area contributed by atoms with Gasteiger partial charge in [0.1, 0.15) is 11.6 Å². The molecule has 6 heteroatoms. The van der Waals surface area contributed by atoms with Crippen molar-refractivity contribution in [1.82, 2.24) is 5.32 Å². The Balaban J connectivity index is 1.71. The number of hydrogen-bond donors (Lipinski definition) is 1. The molecule has 0 saturated carbocycles. The van der Waals surface area contributed by atoms with Crippen LogP contribution in [-0.4, -0.2) is 17.9 Å². The van der Waals surface area contributed by atoms with Crippen LogP contribution in [0.2, 0.25) is 0 Å². The predicted molar refractivity (Wildman–Crippen MR) is 72.8 cm³/mol. The number of nitrogens with one attached hydrogen (secondary N) is 1. The standard InChI is InChI=1S/C15H13FN2O3/c16-10-3-5-11(6-4-10)18-14(19)8-13(15(18)20)17-9-12-2-1-7-21-12/h1-7,13,17H,8-9H2. The monoisotopic (exact) mass is 288 g/mol. The lowest BCUT2D eigenvalue weighted by Crippen LogP contribution is -2.38. The quantitative estimate of drug-likeness (QED) is 0.872. The number of furan rings is 1. The summed E-state index contributed by atoms with van der Waals surface area (Å²) in [5, 5.41) is 3.00. The van der Waals surface area contributed by atoms with Crippen molar-refractivity contribution in [3.05, 3.63) is 54.2 Å². The molecular weight excluding hydrogens is 275 g/mol. The fourth-order valence-electron chi connectivity index (χ4n) is 2.29. The van der Waals surface area contributed by atoms with E-state index in [4.69, 9.17) is 4.42 Å². The molecule has 1 atom stereocenters. The number of nitrogens with zero attached hydrogens (tertiary/aromatic N) is 1. The molecule has 1 aromatic heterocycles. The van der Waals surface area contributed by atoms with Crippen LogP contribution in [0.1, 0.15) is 12.2 Å². The van der Waals surface area contributed by atoms with Crippen molar-refractivity contribution in [2.45, 2.75) is 19.0 Å². The number of carbonyl (C=O) groups is 2. The summed E-state index contributed by atoms with van der Waals surface area (Å²) in [7, 11) is 0. The topological polar surface area (TPSA) is 62.6 Å². The average molecular weight is 288 g/mol. The van der Waals surface area contributed by atoms with Gasteiger partial charge in [0.25, 0.3) is 5.91 Å². The first-order valence-corrected chi connectivity index (χ1v) is 6.53. The van der Waals surface area contributed by atoms with E-state index in [1.165, 1.54) is 24.3 Å². The number of benzene rings is 1. The van der Waals surface area contributed by atoms with Crippen LogP contribution in [0.25, 0.3) is 0 Å². The van der Waals surface area contributed by atoms with Crippen molar-refractivity contribution >= 4 is 17.5 Å². The zero-order valence-corrected chi connectivity index (χ0v) is 11.1. The molecule has 0 spiro atoms. The van der Waals surface area contributed by atoms with Crippen molar-refractivity contribution < 1.29 is 18.4 Å². The number of carbonyl (C=O) groups excluding carboxylic acids is 2. The normalized spacial score (nSPS) is 18.5. The molecule has 0 radical (unpaired) electrons. The summed E-state index contributed by atoms with van der Waals surface area (Å²) in [6.07, 6.45) is 1.63. The third kappa shape index (κ3) is 2.71. The number of rotatable bonds is 4. The maximum Gasteiger partial charge on any atom is 0.251 e. The van der Waals surface area contributed by atoms with E-state index < -0.39 is 11.9 Å². The first-order chi connectivity index (χ1) is 10.1. The van der Waals surface area contributed by atoms with Gasteiger partial charge in [0.15, 0.2) is 0 Å². The van der Waals surface area contributed by atoms with Crippen molar-refractivity contribution in [2.75, 3.05) is 4.90 Å². The fraction of sp³-hybridized carbons (Fsp3) is 0.200. The number of anilines is 1. The maximum atomic E-state index is 12.9. The number of amides is 2. The third-order valence-corrected chi connectivity index (χ3v) is 3.33. The summed E-state index contributed by atoms with van der Waals surface area (Å²) in [5.41, 5.74) is 0.383. The van der Waals surface area contributed by atoms with Gasteiger partial charge in [-0.25, -0.2) is 9.29 Å². The van der Waals surface area contributed by atoms with Crippen molar-refractivity contribution in [2.24, 2.45) is 0 Å². The fourth-order valence-corrected chi connectivity index (χ4v) is 2.29. The van der Waals surface area contributed by atoms with Crippen molar-refractivity contribution in [3.63, 3.8) is 0 Å². The molecule has 1 aliphatic rings. The van der Waals surface area contributed by atoms with Crippen molar-refractivity contribution in [3.8, 4) is 0 Å². The summed E-state index contributed by atoms with van der Waals surface area (Å²) in [5.74, 6) is -0.359. The molecule has 21 heavy (non-hydrogen) atoms. The molecule has 3 rings (SSSR count). The Morgan fingerprint density at radius 1 is 1.24 bits per heavy atom. The second-order valence-electron chi connectivity index (χ2n) is 4.76. The van der Waals surface area contributed by atoms with E-state index in [1.807, 2.05) is 0 Å². The third-order valence-electron chi connectivity index (χ3n) is 3.33. The van der Waals surface area contributed by atoms with Gasteiger partial charge in [-0.15, -0.1) is 0 Å². The Labute approximate surface area is 120 Å². The highest BCUT2D eigenvalue weighted by Crippen LogP contribution is 2.23. The van der Waals surface area contributed by atoms with E-state index in [2.05, 4.69) is 5.32 Å². The Kier molecular flexibility index (Phi) is 3.53. The highest BCUT2D eigenvalue weighted by molar-refractivity contribution is 6.22. The molecule has 1 fully saturated rings. The second-order valence-corrected chi connectivity index (χ2v) is 4.76. The second kappa shape index (κ2) is 5.49. The zero-order valence-electron chi connectivity index (χ0n) is 11.1. The minimum absolute atomic E-state index is 0.0803. The molecule has 0 aliphatic carbocycles. The average Bonchev–Trinajstić information content (AvgIpc) is 3.07. The van der Waals surface area contributed by atoms with Crippen LogP contribution in [0.5, 0.6) is 0 Å². The van der Waals surface area contributed by atoms with E-state index in [9.17, 15) is 14.0 Å². The minimum atomic E-state index is -0.590. The Morgan fingerprint density at radius 3 is 2.67 bits per heavy atom. The van der Waals surface area contributed by atoms with Gasteiger partial charge in [0.2, 0.25) is 5.91 Å². The van der Waals surface area contributed by atoms with Gasteiger partial charge < -0.3 is 4.42 Å². The summed E-state index contributed by atoms with van der Waals surface area (Å²) >= 11 is 0. The van der Waals surface area contributed by atoms with Gasteiger partial charge in [-0.1, -0.05) is 0 Å². The number of imide groups is 1. The minimum Gasteiger partial charge on any atom is -0.468 e. The zero-order chi connectivity index (χ0) is 14.8. The molecule has 108 valence electrons. The highest BCUT2D eigenvalue weighted by Gasteiger charge is 2.39. The molecule has 1 saturated heterocycles. The number of hydrogen-bond acceptors (Lipinski definition) is 4. The summed E-state index contributed by atoms with van der Waals surface area (Å²) in [4.78, 5) is 25.4. The van der Waals surface area contributed by atoms with E-state index in [-0.39, 0.29) is 18.2 Å². The Hall–Kier alpha value is -2.47. The molecule has 2 aromatic rings. The molecule has 0 bridgehead atoms. The summed E-state index contributed by atoms with van der Waals surface area (Å²) in [6, 6.07) is 8.22. The van der Waals surface area contributed by atoms with Crippen LogP contribution < -0.4 is 10.2 Å². The van der Waals surface area contributed by atoms with E-state index in [0.717, 1.165) is 4.90 Å². The van der Waals surface area contributed by atoms with Gasteiger partial charge in [-0.2, -0.15) is 0 Å². The largest absolute Gasteiger partial charge is 0.468 e. The first kappa shape index (κ1) is 13.5. The van der Waals surface area contributed by atoms with Crippen LogP contribution in [-0.2, 0) is 16.1 Å². The van der Waals surface area contributed by atoms with Crippen LogP contribution in [0.4, 0.5) is 10.1 Å². The van der Waals surface area contributed by atoms with Gasteiger partial charge in [-0.3, -0.25) is 14.9 Å². The van der Waals surface area contributed by atoms with Crippen molar-refractivity contribution in [1.29, 1.82) is 0 Å². The SMILES string of the molecule is O=C1CC(NCc2ccco2)C(=O)N1c1ccc(F)cc1. The first-order valence-electron chi connectivity index (χ1n) is 6.53. The van der Waals surface area contributed by atoms with E-state index in [1.54, 1.807) is 18.4 Å². The lowest BCUT2D eigenvalue weighted by Gasteiger charge is -2.15. The predicted octanol–water partition coefficient (Wildman–Crippen LogP) is 1.84. The molecule has 5 nitrogen and oxygen atoms in total. The lowest BCUT2D eigenvalue weighted by molar-refractivity contribution is -0.121. The van der Waals surface area contributed by atoms with Crippen LogP contribution in [0.3, 0.4) is 0 Å². The van der Waals surface area contributed by atoms with Crippen LogP contribution in [0, 0.1) is 5.82 Å². The van der Waals surface area contributed by atoms with Crippen LogP contribution in [0.15, 0.2) is 47.1 Å². The Bertz CT molecular complexity index is 652. The van der Waals surface area contributed by atoms with Gasteiger partial charge in [0.05, 0.1) is 31.0 Å². The lowest BCUT2D eigenvalue weighted by atomic mass is 10.2. The molecule has 1 N–H and O–H groups in total. The molecule has 1 aliphatic heterocycles. The van der Waals surface area contributed by atoms with Gasteiger partial charge >= 0.3 is 0 Å². The smallest absolute Gasteiger partial charge is 0.251 e. The van der Waals surface area contributed by atoms with Crippen LogP contribution >= 0.6 is 0 Å². The molecule has 1 unspecified atom stereocenters. The molecule has 2 heterocycles. The van der Waals surface area contributed by atoms with E-state index >= 15 is 0 Å². The van der Waals surface area contributed by atoms with E-state index in [0.29, 0.717) is 18.0 Å². The number of halogens is 1. The maximum absolute atomic E-state index is 12.9. The molecule has 1 aromatic carbocycles. The highest BCUT2D eigenvalue weighted by atomic mass is 19.1. The molecule has 2 amide bonds. The summed E-state index contributed by atoms with van der Waals surface area (Å²) in [6.45, 7) is 0.369. The van der Waals surface area contributed by atoms with Gasteiger partial charge in [-0.05, 0) is 36.4 Å². The molecular formula is C15H13FN2O3.